The van der Waals surface area contributed by atoms with Crippen LogP contribution in [0.5, 0.6) is 11.6 Å². The number of ether oxygens (including phenoxy) is 1. The van der Waals surface area contributed by atoms with E-state index in [-0.39, 0.29) is 11.9 Å². The van der Waals surface area contributed by atoms with Crippen molar-refractivity contribution >= 4 is 21.8 Å². The third-order valence-electron chi connectivity index (χ3n) is 3.91. The standard InChI is InChI=1S/C17H18BrN3O2/c18-13-3-1-5-15(9-13)23-16-7-6-12(11-20-16)17(22)21-8-2-4-14(21)10-19/h1,3,5-7,9,11,14H,2,4,8,10,19H2/t14-/m0/s1. The molecule has 120 valence electrons. The Labute approximate surface area is 143 Å². The summed E-state index contributed by atoms with van der Waals surface area (Å²) >= 11 is 3.40. The second kappa shape index (κ2) is 7.10. The van der Waals surface area contributed by atoms with E-state index in [2.05, 4.69) is 20.9 Å². The van der Waals surface area contributed by atoms with E-state index in [0.29, 0.717) is 23.7 Å². The van der Waals surface area contributed by atoms with Crippen LogP contribution in [0.1, 0.15) is 23.2 Å². The van der Waals surface area contributed by atoms with Crippen molar-refractivity contribution in [2.24, 2.45) is 5.73 Å². The van der Waals surface area contributed by atoms with Gasteiger partial charge in [-0.15, -0.1) is 0 Å². The van der Waals surface area contributed by atoms with Crippen LogP contribution in [0.2, 0.25) is 0 Å². The zero-order valence-corrected chi connectivity index (χ0v) is 14.2. The summed E-state index contributed by atoms with van der Waals surface area (Å²) in [5.41, 5.74) is 6.29. The lowest BCUT2D eigenvalue weighted by Gasteiger charge is -2.23. The van der Waals surface area contributed by atoms with Crippen molar-refractivity contribution in [1.29, 1.82) is 0 Å². The average molecular weight is 376 g/mol. The molecule has 0 spiro atoms. The normalized spacial score (nSPS) is 17.3. The largest absolute Gasteiger partial charge is 0.439 e. The van der Waals surface area contributed by atoms with Gasteiger partial charge >= 0.3 is 0 Å². The van der Waals surface area contributed by atoms with E-state index in [1.807, 2.05) is 29.2 Å². The summed E-state index contributed by atoms with van der Waals surface area (Å²) in [6.45, 7) is 1.26. The lowest BCUT2D eigenvalue weighted by atomic mass is 10.2. The summed E-state index contributed by atoms with van der Waals surface area (Å²) in [6, 6.07) is 11.1. The summed E-state index contributed by atoms with van der Waals surface area (Å²) in [6.07, 6.45) is 3.53. The number of carbonyl (C=O) groups is 1. The number of amides is 1. The molecule has 5 nitrogen and oxygen atoms in total. The molecule has 1 aromatic carbocycles. The van der Waals surface area contributed by atoms with Crippen LogP contribution in [-0.2, 0) is 0 Å². The Balaban J connectivity index is 1.70. The third kappa shape index (κ3) is 3.71. The van der Waals surface area contributed by atoms with Crippen molar-refractivity contribution in [1.82, 2.24) is 9.88 Å². The molecule has 1 saturated heterocycles. The van der Waals surface area contributed by atoms with Gasteiger partial charge in [-0.1, -0.05) is 22.0 Å². The molecular formula is C17H18BrN3O2. The molecule has 0 radical (unpaired) electrons. The second-order valence-electron chi connectivity index (χ2n) is 5.47. The van der Waals surface area contributed by atoms with Crippen LogP contribution < -0.4 is 10.5 Å². The number of likely N-dealkylation sites (tertiary alicyclic amines) is 1. The van der Waals surface area contributed by atoms with Gasteiger partial charge in [0.05, 0.1) is 5.56 Å². The zero-order valence-electron chi connectivity index (χ0n) is 12.6. The first-order valence-corrected chi connectivity index (χ1v) is 8.37. The Bertz CT molecular complexity index is 690. The Hall–Kier alpha value is -1.92. The molecule has 2 aromatic rings. The van der Waals surface area contributed by atoms with Gasteiger partial charge in [0.2, 0.25) is 5.88 Å². The van der Waals surface area contributed by atoms with Gasteiger partial charge in [-0.3, -0.25) is 4.79 Å². The van der Waals surface area contributed by atoms with Gasteiger partial charge in [0.25, 0.3) is 5.91 Å². The van der Waals surface area contributed by atoms with Crippen molar-refractivity contribution in [3.8, 4) is 11.6 Å². The molecule has 1 amide bonds. The van der Waals surface area contributed by atoms with Crippen molar-refractivity contribution < 1.29 is 9.53 Å². The maximum absolute atomic E-state index is 12.5. The van der Waals surface area contributed by atoms with Crippen LogP contribution in [0.15, 0.2) is 47.1 Å². The molecule has 0 saturated carbocycles. The van der Waals surface area contributed by atoms with E-state index in [9.17, 15) is 4.79 Å². The van der Waals surface area contributed by atoms with Crippen LogP contribution >= 0.6 is 15.9 Å². The first kappa shape index (κ1) is 16.0. The molecule has 0 unspecified atom stereocenters. The summed E-state index contributed by atoms with van der Waals surface area (Å²) in [7, 11) is 0. The van der Waals surface area contributed by atoms with Gasteiger partial charge in [-0.05, 0) is 37.1 Å². The highest BCUT2D eigenvalue weighted by atomic mass is 79.9. The molecular weight excluding hydrogens is 358 g/mol. The molecule has 1 aliphatic heterocycles. The Morgan fingerprint density at radius 1 is 1.39 bits per heavy atom. The number of nitrogens with two attached hydrogens (primary N) is 1. The van der Waals surface area contributed by atoms with E-state index in [0.717, 1.165) is 23.9 Å². The number of pyridine rings is 1. The summed E-state index contributed by atoms with van der Waals surface area (Å²) in [5.74, 6) is 1.13. The lowest BCUT2D eigenvalue weighted by molar-refractivity contribution is 0.0740. The molecule has 0 bridgehead atoms. The van der Waals surface area contributed by atoms with E-state index < -0.39 is 0 Å². The number of benzene rings is 1. The number of nitrogens with zero attached hydrogens (tertiary/aromatic N) is 2. The van der Waals surface area contributed by atoms with Gasteiger partial charge < -0.3 is 15.4 Å². The van der Waals surface area contributed by atoms with Crippen LogP contribution in [0.3, 0.4) is 0 Å². The zero-order chi connectivity index (χ0) is 16.2. The molecule has 1 fully saturated rings. The quantitative estimate of drug-likeness (QED) is 0.890. The van der Waals surface area contributed by atoms with Gasteiger partial charge in [0.1, 0.15) is 5.75 Å². The van der Waals surface area contributed by atoms with Gasteiger partial charge in [-0.2, -0.15) is 0 Å². The van der Waals surface area contributed by atoms with Crippen molar-refractivity contribution in [2.75, 3.05) is 13.1 Å². The maximum Gasteiger partial charge on any atom is 0.255 e. The highest BCUT2D eigenvalue weighted by Gasteiger charge is 2.28. The predicted molar refractivity (Wildman–Crippen MR) is 91.6 cm³/mol. The molecule has 0 aliphatic carbocycles. The first-order chi connectivity index (χ1) is 11.2. The summed E-state index contributed by atoms with van der Waals surface area (Å²) in [5, 5.41) is 0. The van der Waals surface area contributed by atoms with Gasteiger partial charge in [0.15, 0.2) is 0 Å². The molecule has 1 aromatic heterocycles. The number of rotatable bonds is 4. The van der Waals surface area contributed by atoms with E-state index in [1.54, 1.807) is 18.3 Å². The predicted octanol–water partition coefficient (Wildman–Crippen LogP) is 3.20. The Kier molecular flexibility index (Phi) is 4.93. The fraction of sp³-hybridized carbons (Fsp3) is 0.294. The molecule has 2 N–H and O–H groups in total. The van der Waals surface area contributed by atoms with E-state index >= 15 is 0 Å². The van der Waals surface area contributed by atoms with Crippen molar-refractivity contribution in [2.45, 2.75) is 18.9 Å². The third-order valence-corrected chi connectivity index (χ3v) is 4.41. The second-order valence-corrected chi connectivity index (χ2v) is 6.39. The van der Waals surface area contributed by atoms with E-state index in [1.165, 1.54) is 0 Å². The average Bonchev–Trinajstić information content (AvgIpc) is 3.03. The van der Waals surface area contributed by atoms with Gasteiger partial charge in [-0.25, -0.2) is 4.98 Å². The summed E-state index contributed by atoms with van der Waals surface area (Å²) in [4.78, 5) is 18.6. The SMILES string of the molecule is NC[C@@H]1CCCN1C(=O)c1ccc(Oc2cccc(Br)c2)nc1. The number of halogens is 1. The highest BCUT2D eigenvalue weighted by molar-refractivity contribution is 9.10. The van der Waals surface area contributed by atoms with Crippen LogP contribution in [-0.4, -0.2) is 34.9 Å². The highest BCUT2D eigenvalue weighted by Crippen LogP contribution is 2.24. The monoisotopic (exact) mass is 375 g/mol. The number of aromatic nitrogens is 1. The Morgan fingerprint density at radius 3 is 2.96 bits per heavy atom. The number of hydrogen-bond acceptors (Lipinski definition) is 4. The van der Waals surface area contributed by atoms with Crippen LogP contribution in [0.4, 0.5) is 0 Å². The van der Waals surface area contributed by atoms with Crippen LogP contribution in [0, 0.1) is 0 Å². The molecule has 3 rings (SSSR count). The van der Waals surface area contributed by atoms with Crippen molar-refractivity contribution in [3.05, 3.63) is 52.6 Å². The smallest absolute Gasteiger partial charge is 0.255 e. The Morgan fingerprint density at radius 2 is 2.26 bits per heavy atom. The molecule has 1 atom stereocenters. The fourth-order valence-electron chi connectivity index (χ4n) is 2.73. The number of hydrogen-bond donors (Lipinski definition) is 1. The molecule has 2 heterocycles. The van der Waals surface area contributed by atoms with E-state index in [4.69, 9.17) is 10.5 Å². The first-order valence-electron chi connectivity index (χ1n) is 7.58. The molecule has 1 aliphatic rings. The van der Waals surface area contributed by atoms with Gasteiger partial charge in [0, 0.05) is 35.9 Å². The van der Waals surface area contributed by atoms with Crippen LogP contribution in [0.25, 0.3) is 0 Å². The maximum atomic E-state index is 12.5. The molecule has 6 heteroatoms. The minimum absolute atomic E-state index is 0.0144. The lowest BCUT2D eigenvalue weighted by Crippen LogP contribution is -2.39. The molecule has 23 heavy (non-hydrogen) atoms. The fourth-order valence-corrected chi connectivity index (χ4v) is 3.11. The number of carbonyl (C=O) groups excluding carboxylic acids is 1. The minimum atomic E-state index is -0.0144. The minimum Gasteiger partial charge on any atom is -0.439 e. The van der Waals surface area contributed by atoms with Crippen molar-refractivity contribution in [3.63, 3.8) is 0 Å². The topological polar surface area (TPSA) is 68.5 Å². The summed E-state index contributed by atoms with van der Waals surface area (Å²) < 4.78 is 6.61.